The van der Waals surface area contributed by atoms with Crippen LogP contribution >= 0.6 is 0 Å². The summed E-state index contributed by atoms with van der Waals surface area (Å²) in [5, 5.41) is 4.74. The average molecular weight is 233 g/mol. The number of hydrogen-bond donors (Lipinski definition) is 3. The Kier molecular flexibility index (Phi) is 3.03. The highest BCUT2D eigenvalue weighted by Crippen LogP contribution is 2.14. The minimum Gasteiger partial charge on any atom is -0.290 e. The van der Waals surface area contributed by atoms with Crippen LogP contribution in [-0.2, 0) is 10.0 Å². The number of hydrazine groups is 1. The Balaban J connectivity index is 3.36. The normalized spacial score (nSPS) is 11.1. The summed E-state index contributed by atoms with van der Waals surface area (Å²) in [7, 11) is -4.19. The van der Waals surface area contributed by atoms with Gasteiger partial charge in [0.25, 0.3) is 5.91 Å². The zero-order valence-electron chi connectivity index (χ0n) is 7.40. The zero-order valence-corrected chi connectivity index (χ0v) is 8.21. The molecule has 0 spiro atoms. The summed E-state index contributed by atoms with van der Waals surface area (Å²) in [5.41, 5.74) is 1.69. The Bertz CT molecular complexity index is 500. The van der Waals surface area contributed by atoms with E-state index < -0.39 is 26.6 Å². The number of amides is 1. The quantitative estimate of drug-likeness (QED) is 0.348. The second-order valence-corrected chi connectivity index (χ2v) is 4.19. The van der Waals surface area contributed by atoms with Crippen molar-refractivity contribution in [1.29, 1.82) is 0 Å². The number of hydrogen-bond acceptors (Lipinski definition) is 4. The molecule has 0 unspecified atom stereocenters. The maximum Gasteiger partial charge on any atom is 0.265 e. The zero-order chi connectivity index (χ0) is 11.6. The van der Waals surface area contributed by atoms with Crippen LogP contribution < -0.4 is 16.4 Å². The number of primary sulfonamides is 1. The first-order valence-corrected chi connectivity index (χ1v) is 5.24. The summed E-state index contributed by atoms with van der Waals surface area (Å²) < 4.78 is 34.8. The molecule has 0 atom stereocenters. The number of nitrogens with two attached hydrogens (primary N) is 2. The van der Waals surface area contributed by atoms with Crippen molar-refractivity contribution in [2.45, 2.75) is 4.90 Å². The van der Waals surface area contributed by atoms with Crippen molar-refractivity contribution in [3.8, 4) is 0 Å². The Hall–Kier alpha value is -1.51. The van der Waals surface area contributed by atoms with Crippen LogP contribution in [0.3, 0.4) is 0 Å². The van der Waals surface area contributed by atoms with Gasteiger partial charge < -0.3 is 0 Å². The second kappa shape index (κ2) is 3.93. The highest BCUT2D eigenvalue weighted by molar-refractivity contribution is 7.89. The van der Waals surface area contributed by atoms with Gasteiger partial charge in [-0.2, -0.15) is 0 Å². The van der Waals surface area contributed by atoms with Gasteiger partial charge in [-0.15, -0.1) is 0 Å². The molecule has 8 heteroatoms. The van der Waals surface area contributed by atoms with Crippen molar-refractivity contribution in [3.63, 3.8) is 0 Å². The number of rotatable bonds is 2. The van der Waals surface area contributed by atoms with Crippen molar-refractivity contribution in [2.24, 2.45) is 11.0 Å². The van der Waals surface area contributed by atoms with Crippen molar-refractivity contribution >= 4 is 15.9 Å². The van der Waals surface area contributed by atoms with E-state index in [1.54, 1.807) is 5.43 Å². The van der Waals surface area contributed by atoms with Crippen LogP contribution in [-0.4, -0.2) is 14.3 Å². The Morgan fingerprint density at radius 2 is 2.00 bits per heavy atom. The molecule has 0 aliphatic carbocycles. The molecule has 15 heavy (non-hydrogen) atoms. The summed E-state index contributed by atoms with van der Waals surface area (Å²) in [6.07, 6.45) is 0. The van der Waals surface area contributed by atoms with Gasteiger partial charge in [0.1, 0.15) is 10.7 Å². The molecule has 0 aliphatic heterocycles. The van der Waals surface area contributed by atoms with Crippen molar-refractivity contribution in [2.75, 3.05) is 0 Å². The molecule has 0 aliphatic rings. The highest BCUT2D eigenvalue weighted by atomic mass is 32.2. The molecule has 0 radical (unpaired) electrons. The molecule has 0 aromatic heterocycles. The van der Waals surface area contributed by atoms with E-state index in [2.05, 4.69) is 0 Å². The van der Waals surface area contributed by atoms with Crippen LogP contribution in [0.15, 0.2) is 23.1 Å². The Labute approximate surface area is 85.1 Å². The van der Waals surface area contributed by atoms with Gasteiger partial charge in [-0.05, 0) is 18.2 Å². The molecule has 82 valence electrons. The number of carbonyl (C=O) groups is 1. The van der Waals surface area contributed by atoms with Gasteiger partial charge in [-0.3, -0.25) is 10.2 Å². The van der Waals surface area contributed by atoms with Crippen molar-refractivity contribution < 1.29 is 17.6 Å². The molecule has 0 bridgehead atoms. The Morgan fingerprint density at radius 1 is 1.40 bits per heavy atom. The molecule has 1 aromatic rings. The molecule has 1 amide bonds. The minimum absolute atomic E-state index is 0.0945. The predicted octanol–water partition coefficient (Wildman–Crippen LogP) is -0.923. The van der Waals surface area contributed by atoms with E-state index >= 15 is 0 Å². The molecule has 1 rings (SSSR count). The highest BCUT2D eigenvalue weighted by Gasteiger charge is 2.16. The third-order valence-electron chi connectivity index (χ3n) is 1.63. The van der Waals surface area contributed by atoms with E-state index in [1.165, 1.54) is 0 Å². The van der Waals surface area contributed by atoms with Crippen LogP contribution in [0.5, 0.6) is 0 Å². The molecular weight excluding hydrogens is 225 g/mol. The van der Waals surface area contributed by atoms with Crippen molar-refractivity contribution in [1.82, 2.24) is 5.43 Å². The predicted molar refractivity (Wildman–Crippen MR) is 49.4 cm³/mol. The molecule has 6 nitrogen and oxygen atoms in total. The van der Waals surface area contributed by atoms with Crippen LogP contribution in [0.25, 0.3) is 0 Å². The largest absolute Gasteiger partial charge is 0.290 e. The number of nitrogen functional groups attached to an aromatic ring is 1. The van der Waals surface area contributed by atoms with Gasteiger partial charge in [0.05, 0.1) is 0 Å². The maximum atomic E-state index is 13.0. The summed E-state index contributed by atoms with van der Waals surface area (Å²) in [4.78, 5) is 10.3. The average Bonchev–Trinajstić information content (AvgIpc) is 2.15. The third kappa shape index (κ3) is 2.49. The monoisotopic (exact) mass is 233 g/mol. The maximum absolute atomic E-state index is 13.0. The second-order valence-electron chi connectivity index (χ2n) is 2.66. The van der Waals surface area contributed by atoms with Gasteiger partial charge in [-0.1, -0.05) is 0 Å². The smallest absolute Gasteiger partial charge is 0.265 e. The van der Waals surface area contributed by atoms with Crippen LogP contribution in [0.1, 0.15) is 10.4 Å². The van der Waals surface area contributed by atoms with Gasteiger partial charge >= 0.3 is 0 Å². The van der Waals surface area contributed by atoms with Gasteiger partial charge in [0.15, 0.2) is 0 Å². The van der Waals surface area contributed by atoms with Crippen molar-refractivity contribution in [3.05, 3.63) is 29.6 Å². The molecule has 0 heterocycles. The summed E-state index contributed by atoms with van der Waals surface area (Å²) in [5.74, 6) is 3.07. The van der Waals surface area contributed by atoms with E-state index in [0.717, 1.165) is 18.2 Å². The first-order chi connectivity index (χ1) is 6.86. The third-order valence-corrected chi connectivity index (χ3v) is 2.56. The van der Waals surface area contributed by atoms with E-state index in [9.17, 15) is 17.6 Å². The Morgan fingerprint density at radius 3 is 2.47 bits per heavy atom. The van der Waals surface area contributed by atoms with Crippen LogP contribution in [0.2, 0.25) is 0 Å². The fourth-order valence-electron chi connectivity index (χ4n) is 0.946. The fraction of sp³-hybridized carbons (Fsp3) is 0. The molecule has 1 aromatic carbocycles. The number of benzene rings is 1. The molecule has 0 saturated carbocycles. The molecule has 5 N–H and O–H groups in total. The molecule has 0 fully saturated rings. The van der Waals surface area contributed by atoms with Gasteiger partial charge in [0, 0.05) is 5.56 Å². The number of nitrogens with one attached hydrogen (secondary N) is 1. The molecular formula is C7H8FN3O3S. The number of halogens is 1. The van der Waals surface area contributed by atoms with E-state index in [1.807, 2.05) is 0 Å². The number of sulfonamides is 1. The topological polar surface area (TPSA) is 115 Å². The van der Waals surface area contributed by atoms with E-state index in [0.29, 0.717) is 0 Å². The first-order valence-electron chi connectivity index (χ1n) is 3.69. The molecule has 0 saturated heterocycles. The van der Waals surface area contributed by atoms with Crippen LogP contribution in [0, 0.1) is 5.82 Å². The summed E-state index contributed by atoms with van der Waals surface area (Å²) >= 11 is 0. The summed E-state index contributed by atoms with van der Waals surface area (Å²) in [6.45, 7) is 0. The summed E-state index contributed by atoms with van der Waals surface area (Å²) in [6, 6.07) is 2.73. The van der Waals surface area contributed by atoms with E-state index in [-0.39, 0.29) is 5.56 Å². The lowest BCUT2D eigenvalue weighted by Crippen LogP contribution is -2.30. The lowest BCUT2D eigenvalue weighted by atomic mass is 10.2. The lowest BCUT2D eigenvalue weighted by Gasteiger charge is -2.03. The van der Waals surface area contributed by atoms with Gasteiger partial charge in [-0.25, -0.2) is 23.8 Å². The first kappa shape index (κ1) is 11.6. The lowest BCUT2D eigenvalue weighted by molar-refractivity contribution is 0.0953. The fourth-order valence-corrected chi connectivity index (χ4v) is 1.58. The standard InChI is InChI=1S/C7H8FN3O3S/c8-5-2-1-4(7(12)11-9)3-6(5)15(10,13)14/h1-3H,9H2,(H,11,12)(H2,10,13,14). The van der Waals surface area contributed by atoms with Crippen LogP contribution in [0.4, 0.5) is 4.39 Å². The minimum atomic E-state index is -4.19. The van der Waals surface area contributed by atoms with Gasteiger partial charge in [0.2, 0.25) is 10.0 Å². The SMILES string of the molecule is NNC(=O)c1ccc(F)c(S(N)(=O)=O)c1. The number of carbonyl (C=O) groups excluding carboxylic acids is 1. The van der Waals surface area contributed by atoms with E-state index in [4.69, 9.17) is 11.0 Å².